The van der Waals surface area contributed by atoms with E-state index in [4.69, 9.17) is 0 Å². The quantitative estimate of drug-likeness (QED) is 0.921. The minimum atomic E-state index is -3.36. The zero-order valence-corrected chi connectivity index (χ0v) is 12.6. The van der Waals surface area contributed by atoms with Gasteiger partial charge in [0.1, 0.15) is 0 Å². The Morgan fingerprint density at radius 2 is 1.60 bits per heavy atom. The van der Waals surface area contributed by atoms with Crippen LogP contribution in [-0.4, -0.2) is 38.9 Å². The topological polar surface area (TPSA) is 49.4 Å². The van der Waals surface area contributed by atoms with Crippen LogP contribution in [0.4, 0.5) is 0 Å². The third kappa shape index (κ3) is 2.81. The number of hydrogen-bond donors (Lipinski definition) is 1. The zero-order valence-electron chi connectivity index (χ0n) is 11.0. The molecule has 0 aliphatic carbocycles. The summed E-state index contributed by atoms with van der Waals surface area (Å²) in [6, 6.07) is 13.1. The van der Waals surface area contributed by atoms with Gasteiger partial charge in [0.25, 0.3) is 0 Å². The lowest BCUT2D eigenvalue weighted by Gasteiger charge is -2.26. The number of fused-ring (bicyclic) bond motifs is 1. The smallest absolute Gasteiger partial charge is 0.243 e. The Kier molecular flexibility index (Phi) is 4.65. The highest BCUT2D eigenvalue weighted by Gasteiger charge is 2.25. The van der Waals surface area contributed by atoms with Gasteiger partial charge in [-0.3, -0.25) is 0 Å². The van der Waals surface area contributed by atoms with Crippen molar-refractivity contribution in [1.29, 1.82) is 0 Å². The van der Waals surface area contributed by atoms with Gasteiger partial charge in [-0.2, -0.15) is 4.31 Å². The van der Waals surface area contributed by atoms with E-state index in [1.807, 2.05) is 30.3 Å². The molecule has 1 saturated heterocycles. The number of halogens is 1. The first-order chi connectivity index (χ1) is 9.18. The molecule has 2 aromatic rings. The molecule has 0 atom stereocenters. The van der Waals surface area contributed by atoms with Crippen molar-refractivity contribution < 1.29 is 8.42 Å². The van der Waals surface area contributed by atoms with Crippen molar-refractivity contribution in [2.24, 2.45) is 0 Å². The van der Waals surface area contributed by atoms with Gasteiger partial charge in [0.05, 0.1) is 4.90 Å². The second kappa shape index (κ2) is 6.10. The number of piperazine rings is 1. The third-order valence-electron chi connectivity index (χ3n) is 3.43. The predicted molar refractivity (Wildman–Crippen MR) is 82.8 cm³/mol. The molecule has 6 heteroatoms. The van der Waals surface area contributed by atoms with Gasteiger partial charge in [-0.15, -0.1) is 12.4 Å². The van der Waals surface area contributed by atoms with E-state index < -0.39 is 10.0 Å². The van der Waals surface area contributed by atoms with Crippen molar-refractivity contribution >= 4 is 33.2 Å². The number of nitrogens with one attached hydrogen (secondary N) is 1. The first-order valence-electron chi connectivity index (χ1n) is 6.37. The van der Waals surface area contributed by atoms with E-state index in [0.717, 1.165) is 10.8 Å². The molecule has 0 radical (unpaired) electrons. The Bertz CT molecular complexity index is 697. The predicted octanol–water partition coefficient (Wildman–Crippen LogP) is 1.86. The summed E-state index contributed by atoms with van der Waals surface area (Å²) < 4.78 is 26.6. The summed E-state index contributed by atoms with van der Waals surface area (Å²) in [6.45, 7) is 2.50. The van der Waals surface area contributed by atoms with Gasteiger partial charge in [-0.1, -0.05) is 30.3 Å². The second-order valence-electron chi connectivity index (χ2n) is 4.66. The molecule has 20 heavy (non-hydrogen) atoms. The largest absolute Gasteiger partial charge is 0.314 e. The summed E-state index contributed by atoms with van der Waals surface area (Å²) >= 11 is 0. The second-order valence-corrected chi connectivity index (χ2v) is 6.60. The Labute approximate surface area is 125 Å². The third-order valence-corrected chi connectivity index (χ3v) is 5.33. The molecule has 1 aliphatic heterocycles. The maximum atomic E-state index is 12.5. The Balaban J connectivity index is 0.00000147. The van der Waals surface area contributed by atoms with Crippen molar-refractivity contribution in [3.63, 3.8) is 0 Å². The summed E-state index contributed by atoms with van der Waals surface area (Å²) in [5, 5.41) is 5.18. The highest BCUT2D eigenvalue weighted by molar-refractivity contribution is 7.89. The molecule has 1 heterocycles. The van der Waals surface area contributed by atoms with Crippen LogP contribution < -0.4 is 5.32 Å². The van der Waals surface area contributed by atoms with Crippen LogP contribution in [0.15, 0.2) is 47.4 Å². The fourth-order valence-corrected chi connectivity index (χ4v) is 3.84. The van der Waals surface area contributed by atoms with Crippen molar-refractivity contribution in [3.05, 3.63) is 42.5 Å². The number of hydrogen-bond acceptors (Lipinski definition) is 3. The lowest BCUT2D eigenvalue weighted by Crippen LogP contribution is -2.46. The lowest BCUT2D eigenvalue weighted by atomic mass is 10.1. The van der Waals surface area contributed by atoms with Crippen LogP contribution in [0.3, 0.4) is 0 Å². The van der Waals surface area contributed by atoms with Crippen LogP contribution in [-0.2, 0) is 10.0 Å². The van der Waals surface area contributed by atoms with Crippen LogP contribution in [0.25, 0.3) is 10.8 Å². The number of sulfonamides is 1. The first-order valence-corrected chi connectivity index (χ1v) is 7.82. The molecular weight excluding hydrogens is 296 g/mol. The lowest BCUT2D eigenvalue weighted by molar-refractivity contribution is 0.360. The average Bonchev–Trinajstić information content (AvgIpc) is 2.47. The van der Waals surface area contributed by atoms with E-state index in [2.05, 4.69) is 5.32 Å². The van der Waals surface area contributed by atoms with Gasteiger partial charge in [-0.25, -0.2) is 8.42 Å². The van der Waals surface area contributed by atoms with E-state index in [-0.39, 0.29) is 12.4 Å². The van der Waals surface area contributed by atoms with Crippen molar-refractivity contribution in [2.75, 3.05) is 26.2 Å². The molecule has 3 rings (SSSR count). The monoisotopic (exact) mass is 312 g/mol. The van der Waals surface area contributed by atoms with E-state index in [1.54, 1.807) is 16.4 Å². The Morgan fingerprint density at radius 1 is 0.950 bits per heavy atom. The van der Waals surface area contributed by atoms with E-state index in [1.165, 1.54) is 0 Å². The Hall–Kier alpha value is -1.14. The maximum Gasteiger partial charge on any atom is 0.243 e. The molecule has 1 fully saturated rings. The van der Waals surface area contributed by atoms with Crippen LogP contribution in [0.5, 0.6) is 0 Å². The highest BCUT2D eigenvalue weighted by Crippen LogP contribution is 2.22. The van der Waals surface area contributed by atoms with Crippen LogP contribution >= 0.6 is 12.4 Å². The minimum Gasteiger partial charge on any atom is -0.314 e. The van der Waals surface area contributed by atoms with Gasteiger partial charge in [0.2, 0.25) is 10.0 Å². The number of rotatable bonds is 2. The molecule has 0 saturated carbocycles. The maximum absolute atomic E-state index is 12.5. The Morgan fingerprint density at radius 3 is 2.30 bits per heavy atom. The summed E-state index contributed by atoms with van der Waals surface area (Å²) in [6.07, 6.45) is 0. The van der Waals surface area contributed by atoms with Gasteiger partial charge in [-0.05, 0) is 22.9 Å². The molecule has 108 valence electrons. The van der Waals surface area contributed by atoms with Crippen LogP contribution in [0.2, 0.25) is 0 Å². The zero-order chi connectivity index (χ0) is 13.3. The summed E-state index contributed by atoms with van der Waals surface area (Å²) in [7, 11) is -3.36. The van der Waals surface area contributed by atoms with Crippen LogP contribution in [0, 0.1) is 0 Å². The fourth-order valence-electron chi connectivity index (χ4n) is 2.36. The summed E-state index contributed by atoms with van der Waals surface area (Å²) in [4.78, 5) is 0.383. The average molecular weight is 313 g/mol. The highest BCUT2D eigenvalue weighted by atomic mass is 35.5. The minimum absolute atomic E-state index is 0. The molecule has 0 amide bonds. The van der Waals surface area contributed by atoms with E-state index in [9.17, 15) is 8.42 Å². The van der Waals surface area contributed by atoms with Crippen molar-refractivity contribution in [3.8, 4) is 0 Å². The number of nitrogens with zero attached hydrogens (tertiary/aromatic N) is 1. The van der Waals surface area contributed by atoms with Crippen LogP contribution in [0.1, 0.15) is 0 Å². The van der Waals surface area contributed by atoms with Crippen molar-refractivity contribution in [2.45, 2.75) is 4.90 Å². The van der Waals surface area contributed by atoms with Gasteiger partial charge in [0, 0.05) is 26.2 Å². The molecule has 1 N–H and O–H groups in total. The fraction of sp³-hybridized carbons (Fsp3) is 0.286. The molecule has 2 aromatic carbocycles. The van der Waals surface area contributed by atoms with E-state index in [0.29, 0.717) is 31.1 Å². The normalized spacial score (nSPS) is 16.8. The molecule has 0 unspecified atom stereocenters. The van der Waals surface area contributed by atoms with E-state index >= 15 is 0 Å². The number of benzene rings is 2. The molecule has 0 spiro atoms. The van der Waals surface area contributed by atoms with Gasteiger partial charge >= 0.3 is 0 Å². The van der Waals surface area contributed by atoms with Gasteiger partial charge in [0.15, 0.2) is 0 Å². The molecule has 4 nitrogen and oxygen atoms in total. The summed E-state index contributed by atoms with van der Waals surface area (Å²) in [5.74, 6) is 0. The first kappa shape index (κ1) is 15.3. The molecule has 0 bridgehead atoms. The molecule has 0 aromatic heterocycles. The van der Waals surface area contributed by atoms with Gasteiger partial charge < -0.3 is 5.32 Å². The SMILES string of the molecule is Cl.O=S(=O)(c1ccc2ccccc2c1)N1CCNCC1. The molecular formula is C14H17ClN2O2S. The van der Waals surface area contributed by atoms with Crippen molar-refractivity contribution in [1.82, 2.24) is 9.62 Å². The molecule has 1 aliphatic rings. The summed E-state index contributed by atoms with van der Waals surface area (Å²) in [5.41, 5.74) is 0. The standard InChI is InChI=1S/C14H16N2O2S.ClH/c17-19(18,16-9-7-15-8-10-16)14-6-5-12-3-1-2-4-13(12)11-14;/h1-6,11,15H,7-10H2;1H.